The average molecular weight is 281 g/mol. The fraction of sp³-hybridized carbons (Fsp3) is 0.312. The van der Waals surface area contributed by atoms with Crippen LogP contribution >= 0.6 is 0 Å². The first-order valence-electron chi connectivity index (χ1n) is 7.15. The normalized spacial score (nSPS) is 11.2. The first-order chi connectivity index (χ1) is 10.2. The maximum absolute atomic E-state index is 4.65. The van der Waals surface area contributed by atoms with Crippen LogP contribution in [0, 0.1) is 13.8 Å². The number of nitrogens with zero attached hydrogens (tertiary/aromatic N) is 4. The zero-order valence-corrected chi connectivity index (χ0v) is 12.6. The van der Waals surface area contributed by atoms with Gasteiger partial charge in [0.1, 0.15) is 6.33 Å². The number of fused-ring (bicyclic) bond motifs is 1. The Kier molecular flexibility index (Phi) is 3.66. The highest BCUT2D eigenvalue weighted by molar-refractivity contribution is 5.78. The third kappa shape index (κ3) is 2.64. The second kappa shape index (κ2) is 5.61. The van der Waals surface area contributed by atoms with E-state index in [1.165, 1.54) is 11.1 Å². The minimum Gasteiger partial charge on any atom is -0.311 e. The molecule has 0 bridgehead atoms. The minimum atomic E-state index is 0.724. The molecule has 2 heterocycles. The molecule has 3 rings (SSSR count). The van der Waals surface area contributed by atoms with E-state index in [0.717, 1.165) is 35.6 Å². The van der Waals surface area contributed by atoms with E-state index in [1.54, 1.807) is 12.4 Å². The zero-order valence-electron chi connectivity index (χ0n) is 12.6. The molecule has 5 heteroatoms. The summed E-state index contributed by atoms with van der Waals surface area (Å²) in [6, 6.07) is 4.26. The van der Waals surface area contributed by atoms with Crippen LogP contribution in [0.5, 0.6) is 0 Å². The van der Waals surface area contributed by atoms with Crippen molar-refractivity contribution in [3.8, 4) is 5.82 Å². The van der Waals surface area contributed by atoms with Crippen LogP contribution in [-0.2, 0) is 6.54 Å². The van der Waals surface area contributed by atoms with Crippen molar-refractivity contribution in [3.63, 3.8) is 0 Å². The van der Waals surface area contributed by atoms with Gasteiger partial charge in [0.05, 0.1) is 22.9 Å². The standard InChI is InChI=1S/C16H19N5/c1-4-17-7-13-8-18-9-16(20-13)21-10-19-14-5-11(2)12(3)6-15(14)21/h5-6,8-10,17H,4,7H2,1-3H3. The molecule has 0 aliphatic rings. The summed E-state index contributed by atoms with van der Waals surface area (Å²) in [5, 5.41) is 3.26. The topological polar surface area (TPSA) is 55.6 Å². The molecule has 0 fully saturated rings. The van der Waals surface area contributed by atoms with Crippen molar-refractivity contribution in [3.05, 3.63) is 47.7 Å². The molecule has 0 unspecified atom stereocenters. The molecule has 0 aliphatic carbocycles. The average Bonchev–Trinajstić information content (AvgIpc) is 2.89. The Hall–Kier alpha value is -2.27. The van der Waals surface area contributed by atoms with Crippen molar-refractivity contribution in [1.29, 1.82) is 0 Å². The van der Waals surface area contributed by atoms with Gasteiger partial charge >= 0.3 is 0 Å². The zero-order chi connectivity index (χ0) is 14.8. The van der Waals surface area contributed by atoms with Gasteiger partial charge in [0.25, 0.3) is 0 Å². The fourth-order valence-corrected chi connectivity index (χ4v) is 2.30. The lowest BCUT2D eigenvalue weighted by Gasteiger charge is -2.07. The minimum absolute atomic E-state index is 0.724. The number of nitrogens with one attached hydrogen (secondary N) is 1. The lowest BCUT2D eigenvalue weighted by Crippen LogP contribution is -2.14. The van der Waals surface area contributed by atoms with E-state index in [9.17, 15) is 0 Å². The summed E-state index contributed by atoms with van der Waals surface area (Å²) in [4.78, 5) is 13.4. The third-order valence-corrected chi connectivity index (χ3v) is 3.64. The second-order valence-electron chi connectivity index (χ2n) is 5.19. The molecule has 21 heavy (non-hydrogen) atoms. The first-order valence-corrected chi connectivity index (χ1v) is 7.15. The van der Waals surface area contributed by atoms with Gasteiger partial charge in [-0.25, -0.2) is 9.97 Å². The van der Waals surface area contributed by atoms with E-state index in [1.807, 2.05) is 10.9 Å². The molecule has 0 spiro atoms. The molecule has 0 radical (unpaired) electrons. The molecule has 5 nitrogen and oxygen atoms in total. The summed E-state index contributed by atoms with van der Waals surface area (Å²) < 4.78 is 1.99. The second-order valence-corrected chi connectivity index (χ2v) is 5.19. The Morgan fingerprint density at radius 2 is 1.95 bits per heavy atom. The van der Waals surface area contributed by atoms with Crippen molar-refractivity contribution in [2.75, 3.05) is 6.54 Å². The van der Waals surface area contributed by atoms with Gasteiger partial charge in [-0.15, -0.1) is 0 Å². The highest BCUT2D eigenvalue weighted by Crippen LogP contribution is 2.20. The number of hydrogen-bond donors (Lipinski definition) is 1. The predicted molar refractivity (Wildman–Crippen MR) is 83.5 cm³/mol. The Bertz CT molecular complexity index is 775. The van der Waals surface area contributed by atoms with Gasteiger partial charge in [-0.1, -0.05) is 6.92 Å². The molecule has 1 N–H and O–H groups in total. The van der Waals surface area contributed by atoms with Crippen LogP contribution in [0.1, 0.15) is 23.7 Å². The number of rotatable bonds is 4. The van der Waals surface area contributed by atoms with Gasteiger partial charge in [-0.2, -0.15) is 0 Å². The number of aromatic nitrogens is 4. The van der Waals surface area contributed by atoms with Crippen molar-refractivity contribution in [2.45, 2.75) is 27.3 Å². The molecular formula is C16H19N5. The largest absolute Gasteiger partial charge is 0.311 e. The molecule has 0 saturated carbocycles. The van der Waals surface area contributed by atoms with E-state index in [-0.39, 0.29) is 0 Å². The van der Waals surface area contributed by atoms with Crippen LogP contribution in [-0.4, -0.2) is 26.1 Å². The Labute approximate surface area is 124 Å². The lowest BCUT2D eigenvalue weighted by molar-refractivity contribution is 0.704. The maximum atomic E-state index is 4.65. The van der Waals surface area contributed by atoms with Crippen LogP contribution in [0.25, 0.3) is 16.9 Å². The van der Waals surface area contributed by atoms with Crippen LogP contribution in [0.3, 0.4) is 0 Å². The highest BCUT2D eigenvalue weighted by atomic mass is 15.1. The predicted octanol–water partition coefficient (Wildman–Crippen LogP) is 2.54. The molecule has 108 valence electrons. The van der Waals surface area contributed by atoms with E-state index in [4.69, 9.17) is 0 Å². The van der Waals surface area contributed by atoms with Gasteiger partial charge < -0.3 is 5.32 Å². The van der Waals surface area contributed by atoms with Gasteiger partial charge in [-0.05, 0) is 43.7 Å². The van der Waals surface area contributed by atoms with Crippen molar-refractivity contribution >= 4 is 11.0 Å². The van der Waals surface area contributed by atoms with Crippen molar-refractivity contribution < 1.29 is 0 Å². The highest BCUT2D eigenvalue weighted by Gasteiger charge is 2.08. The molecule has 3 aromatic rings. The van der Waals surface area contributed by atoms with Gasteiger partial charge in [0.2, 0.25) is 0 Å². The van der Waals surface area contributed by atoms with Crippen molar-refractivity contribution in [1.82, 2.24) is 24.8 Å². The first kappa shape index (κ1) is 13.7. The van der Waals surface area contributed by atoms with E-state index >= 15 is 0 Å². The quantitative estimate of drug-likeness (QED) is 0.798. The maximum Gasteiger partial charge on any atom is 0.157 e. The van der Waals surface area contributed by atoms with Gasteiger partial charge in [-0.3, -0.25) is 9.55 Å². The van der Waals surface area contributed by atoms with Crippen LogP contribution < -0.4 is 5.32 Å². The summed E-state index contributed by atoms with van der Waals surface area (Å²) in [7, 11) is 0. The van der Waals surface area contributed by atoms with Gasteiger partial charge in [0.15, 0.2) is 5.82 Å². The summed E-state index contributed by atoms with van der Waals surface area (Å²) in [5.74, 6) is 0.802. The number of benzene rings is 1. The third-order valence-electron chi connectivity index (χ3n) is 3.64. The smallest absolute Gasteiger partial charge is 0.157 e. The van der Waals surface area contributed by atoms with Crippen molar-refractivity contribution in [2.24, 2.45) is 0 Å². The van der Waals surface area contributed by atoms with E-state index in [0.29, 0.717) is 0 Å². The Morgan fingerprint density at radius 3 is 2.76 bits per heavy atom. The van der Waals surface area contributed by atoms with Crippen LogP contribution in [0.4, 0.5) is 0 Å². The Morgan fingerprint density at radius 1 is 1.14 bits per heavy atom. The van der Waals surface area contributed by atoms with Crippen LogP contribution in [0.15, 0.2) is 30.9 Å². The number of hydrogen-bond acceptors (Lipinski definition) is 4. The summed E-state index contributed by atoms with van der Waals surface area (Å²) >= 11 is 0. The molecule has 0 saturated heterocycles. The Balaban J connectivity index is 2.06. The van der Waals surface area contributed by atoms with Gasteiger partial charge in [0, 0.05) is 12.7 Å². The van der Waals surface area contributed by atoms with E-state index < -0.39 is 0 Å². The monoisotopic (exact) mass is 281 g/mol. The summed E-state index contributed by atoms with van der Waals surface area (Å²) in [6.45, 7) is 7.93. The number of imidazole rings is 1. The van der Waals surface area contributed by atoms with Crippen LogP contribution in [0.2, 0.25) is 0 Å². The molecule has 1 aromatic carbocycles. The molecule has 2 aromatic heterocycles. The molecule has 0 amide bonds. The van der Waals surface area contributed by atoms with E-state index in [2.05, 4.69) is 53.2 Å². The number of aryl methyl sites for hydroxylation is 2. The summed E-state index contributed by atoms with van der Waals surface area (Å²) in [6.07, 6.45) is 5.37. The lowest BCUT2D eigenvalue weighted by atomic mass is 10.1. The molecule has 0 aliphatic heterocycles. The fourth-order valence-electron chi connectivity index (χ4n) is 2.30. The summed E-state index contributed by atoms with van der Waals surface area (Å²) in [5.41, 5.74) is 5.48. The molecule has 0 atom stereocenters. The SMILES string of the molecule is CCNCc1cncc(-n2cnc3cc(C)c(C)cc32)n1. The molecular weight excluding hydrogens is 262 g/mol.